The Balaban J connectivity index is 2.21. The van der Waals surface area contributed by atoms with Crippen molar-refractivity contribution < 1.29 is 14.5 Å². The number of nitrogens with zero attached hydrogens (tertiary/aromatic N) is 5. The van der Waals surface area contributed by atoms with Crippen LogP contribution in [0.4, 0.5) is 5.69 Å². The van der Waals surface area contributed by atoms with E-state index in [-0.39, 0.29) is 12.2 Å². The number of nitro groups is 1. The van der Waals surface area contributed by atoms with Gasteiger partial charge in [0, 0.05) is 20.6 Å². The van der Waals surface area contributed by atoms with Crippen molar-refractivity contribution in [2.24, 2.45) is 0 Å². The van der Waals surface area contributed by atoms with Gasteiger partial charge in [-0.05, 0) is 50.8 Å². The zero-order valence-corrected chi connectivity index (χ0v) is 13.6. The molecule has 0 fully saturated rings. The lowest BCUT2D eigenvalue weighted by Gasteiger charge is -2.04. The molecule has 0 spiro atoms. The Morgan fingerprint density at radius 3 is 2.95 bits per heavy atom. The molecule has 0 saturated carbocycles. The van der Waals surface area contributed by atoms with E-state index in [0.29, 0.717) is 8.73 Å². The maximum atomic E-state index is 11.2. The molecule has 0 unspecified atom stereocenters. The number of benzene rings is 1. The molecule has 1 aromatic heterocycles. The highest BCUT2D eigenvalue weighted by Gasteiger charge is 2.15. The molecule has 0 bridgehead atoms. The maximum absolute atomic E-state index is 11.2. The fourth-order valence-corrected chi connectivity index (χ4v) is 2.94. The summed E-state index contributed by atoms with van der Waals surface area (Å²) in [5.41, 5.74) is 0.0119. The van der Waals surface area contributed by atoms with E-state index < -0.39 is 10.9 Å². The summed E-state index contributed by atoms with van der Waals surface area (Å²) in [4.78, 5) is 22.2. The number of hydrogen-bond donors (Lipinski definition) is 0. The second kappa shape index (κ2) is 6.80. The molecule has 9 nitrogen and oxygen atoms in total. The minimum absolute atomic E-state index is 0.0119. The molecule has 0 aliphatic rings. The number of ether oxygens (including phenoxy) is 1. The van der Waals surface area contributed by atoms with Crippen molar-refractivity contribution in [3.8, 4) is 0 Å². The highest BCUT2D eigenvalue weighted by atomic mass is 127. The topological polar surface area (TPSA) is 113 Å². The van der Waals surface area contributed by atoms with Crippen LogP contribution in [0.25, 0.3) is 0 Å². The molecule has 0 amide bonds. The molecule has 2 rings (SSSR count). The largest absolute Gasteiger partial charge is 0.468 e. The molecule has 0 saturated heterocycles. The van der Waals surface area contributed by atoms with Gasteiger partial charge in [0.1, 0.15) is 6.54 Å². The summed E-state index contributed by atoms with van der Waals surface area (Å²) in [6.45, 7) is -0.102. The smallest absolute Gasteiger partial charge is 0.327 e. The van der Waals surface area contributed by atoms with Gasteiger partial charge in [-0.25, -0.2) is 4.68 Å². The van der Waals surface area contributed by atoms with Crippen LogP contribution in [0.2, 0.25) is 0 Å². The predicted molar refractivity (Wildman–Crippen MR) is 79.8 cm³/mol. The minimum Gasteiger partial charge on any atom is -0.468 e. The zero-order valence-electron chi connectivity index (χ0n) is 10.6. The Labute approximate surface area is 136 Å². The molecule has 0 radical (unpaired) electrons. The van der Waals surface area contributed by atoms with Crippen LogP contribution in [0.15, 0.2) is 28.3 Å². The van der Waals surface area contributed by atoms with Crippen LogP contribution >= 0.6 is 34.4 Å². The molecule has 0 N–H and O–H groups in total. The van der Waals surface area contributed by atoms with Crippen molar-refractivity contribution in [3.63, 3.8) is 0 Å². The molecule has 110 valence electrons. The number of carbonyl (C=O) groups excluding carboxylic acids is 1. The van der Waals surface area contributed by atoms with Crippen LogP contribution in [0, 0.1) is 13.7 Å². The SMILES string of the molecule is COC(=O)Cn1nnnc1Sc1ccc([N+](=O)[O-])cc1I. The number of esters is 1. The molecule has 1 aromatic carbocycles. The van der Waals surface area contributed by atoms with Gasteiger partial charge in [0.25, 0.3) is 5.69 Å². The van der Waals surface area contributed by atoms with E-state index in [9.17, 15) is 14.9 Å². The number of halogens is 1. The van der Waals surface area contributed by atoms with E-state index in [2.05, 4.69) is 20.3 Å². The Morgan fingerprint density at radius 1 is 1.57 bits per heavy atom. The lowest BCUT2D eigenvalue weighted by atomic mass is 10.3. The minimum atomic E-state index is -0.470. The molecular weight excluding hydrogens is 413 g/mol. The standard InChI is InChI=1S/C10H8IN5O4S/c1-20-9(17)5-15-10(12-13-14-15)21-8-3-2-6(16(18)19)4-7(8)11/h2-4H,5H2,1H3. The van der Waals surface area contributed by atoms with E-state index in [1.807, 2.05) is 22.6 Å². The van der Waals surface area contributed by atoms with Gasteiger partial charge >= 0.3 is 5.97 Å². The van der Waals surface area contributed by atoms with Gasteiger partial charge in [-0.15, -0.1) is 5.10 Å². The third kappa shape index (κ3) is 3.87. The van der Waals surface area contributed by atoms with Crippen molar-refractivity contribution in [1.29, 1.82) is 0 Å². The number of carbonyl (C=O) groups is 1. The first-order valence-corrected chi connectivity index (χ1v) is 7.35. The van der Waals surface area contributed by atoms with Gasteiger partial charge < -0.3 is 4.74 Å². The van der Waals surface area contributed by atoms with Crippen molar-refractivity contribution in [2.75, 3.05) is 7.11 Å². The lowest BCUT2D eigenvalue weighted by molar-refractivity contribution is -0.385. The summed E-state index contributed by atoms with van der Waals surface area (Å²) in [6, 6.07) is 4.47. The Kier molecular flexibility index (Phi) is 5.06. The fraction of sp³-hybridized carbons (Fsp3) is 0.200. The summed E-state index contributed by atoms with van der Waals surface area (Å²) in [7, 11) is 1.28. The zero-order chi connectivity index (χ0) is 15.4. The van der Waals surface area contributed by atoms with Crippen molar-refractivity contribution in [1.82, 2.24) is 20.2 Å². The molecular formula is C10H8IN5O4S. The first-order chi connectivity index (χ1) is 10.0. The third-order valence-electron chi connectivity index (χ3n) is 2.33. The van der Waals surface area contributed by atoms with Crippen LogP contribution in [-0.4, -0.2) is 38.2 Å². The monoisotopic (exact) mass is 421 g/mol. The summed E-state index contributed by atoms with van der Waals surface area (Å²) < 4.78 is 6.55. The summed E-state index contributed by atoms with van der Waals surface area (Å²) >= 11 is 3.20. The lowest BCUT2D eigenvalue weighted by Crippen LogP contribution is -2.13. The van der Waals surface area contributed by atoms with Gasteiger partial charge in [-0.2, -0.15) is 0 Å². The van der Waals surface area contributed by atoms with Crippen LogP contribution in [0.5, 0.6) is 0 Å². The van der Waals surface area contributed by atoms with Gasteiger partial charge in [-0.3, -0.25) is 14.9 Å². The van der Waals surface area contributed by atoms with Gasteiger partial charge in [0.05, 0.1) is 12.0 Å². The summed E-state index contributed by atoms with van der Waals surface area (Å²) in [5, 5.41) is 22.1. The average Bonchev–Trinajstić information content (AvgIpc) is 2.87. The highest BCUT2D eigenvalue weighted by molar-refractivity contribution is 14.1. The Hall–Kier alpha value is -1.76. The Bertz CT molecular complexity index is 692. The van der Waals surface area contributed by atoms with Crippen molar-refractivity contribution >= 4 is 46.0 Å². The van der Waals surface area contributed by atoms with Gasteiger partial charge in [0.2, 0.25) is 5.16 Å². The molecule has 1 heterocycles. The van der Waals surface area contributed by atoms with Crippen LogP contribution < -0.4 is 0 Å². The second-order valence-electron chi connectivity index (χ2n) is 3.67. The molecule has 0 aliphatic heterocycles. The summed E-state index contributed by atoms with van der Waals surface area (Å²) in [5.74, 6) is -0.470. The Morgan fingerprint density at radius 2 is 2.33 bits per heavy atom. The molecule has 0 atom stereocenters. The molecule has 0 aliphatic carbocycles. The highest BCUT2D eigenvalue weighted by Crippen LogP contribution is 2.31. The third-order valence-corrected chi connectivity index (χ3v) is 4.64. The number of rotatable bonds is 5. The van der Waals surface area contributed by atoms with E-state index in [1.165, 1.54) is 35.7 Å². The number of aromatic nitrogens is 4. The number of nitro benzene ring substituents is 1. The van der Waals surface area contributed by atoms with Crippen molar-refractivity contribution in [2.45, 2.75) is 16.6 Å². The molecule has 2 aromatic rings. The van der Waals surface area contributed by atoms with E-state index in [0.717, 1.165) is 4.90 Å². The summed E-state index contributed by atoms with van der Waals surface area (Å²) in [6.07, 6.45) is 0. The quantitative estimate of drug-likeness (QED) is 0.309. The maximum Gasteiger partial charge on any atom is 0.327 e. The number of hydrogen-bond acceptors (Lipinski definition) is 8. The van der Waals surface area contributed by atoms with Crippen LogP contribution in [0.3, 0.4) is 0 Å². The first kappa shape index (κ1) is 15.6. The van der Waals surface area contributed by atoms with E-state index in [1.54, 1.807) is 6.07 Å². The van der Waals surface area contributed by atoms with Gasteiger partial charge in [-0.1, -0.05) is 0 Å². The van der Waals surface area contributed by atoms with Crippen molar-refractivity contribution in [3.05, 3.63) is 31.9 Å². The van der Waals surface area contributed by atoms with Crippen LogP contribution in [0.1, 0.15) is 0 Å². The fourth-order valence-electron chi connectivity index (χ4n) is 1.34. The molecule has 21 heavy (non-hydrogen) atoms. The predicted octanol–water partition coefficient (Wildman–Crippen LogP) is 1.51. The van der Waals surface area contributed by atoms with Crippen LogP contribution in [-0.2, 0) is 16.1 Å². The first-order valence-electron chi connectivity index (χ1n) is 5.46. The van der Waals surface area contributed by atoms with E-state index >= 15 is 0 Å². The number of methoxy groups -OCH3 is 1. The number of tetrazole rings is 1. The van der Waals surface area contributed by atoms with Gasteiger partial charge in [0.15, 0.2) is 0 Å². The second-order valence-corrected chi connectivity index (χ2v) is 5.84. The normalized spacial score (nSPS) is 10.4. The van der Waals surface area contributed by atoms with E-state index in [4.69, 9.17) is 0 Å². The molecule has 11 heteroatoms. The average molecular weight is 421 g/mol. The number of non-ortho nitro benzene ring substituents is 1.